The zero-order valence-corrected chi connectivity index (χ0v) is 13.6. The predicted molar refractivity (Wildman–Crippen MR) is 86.7 cm³/mol. The van der Waals surface area contributed by atoms with Gasteiger partial charge in [0, 0.05) is 4.47 Å². The predicted octanol–water partition coefficient (Wildman–Crippen LogP) is 4.27. The number of hydrogen-bond acceptors (Lipinski definition) is 4. The molecule has 0 bridgehead atoms. The monoisotopic (exact) mass is 362 g/mol. The Morgan fingerprint density at radius 2 is 1.95 bits per heavy atom. The molecule has 0 heterocycles. The molecule has 0 saturated heterocycles. The van der Waals surface area contributed by atoms with Gasteiger partial charge in [-0.3, -0.25) is 4.79 Å². The number of rotatable bonds is 6. The number of aldehydes is 1. The van der Waals surface area contributed by atoms with E-state index < -0.39 is 5.97 Å². The van der Waals surface area contributed by atoms with Gasteiger partial charge in [-0.05, 0) is 36.8 Å². The van der Waals surface area contributed by atoms with Crippen molar-refractivity contribution in [1.29, 1.82) is 0 Å². The van der Waals surface area contributed by atoms with Crippen LogP contribution in [-0.4, -0.2) is 18.9 Å². The lowest BCUT2D eigenvalue weighted by Gasteiger charge is -2.11. The first-order valence-electron chi connectivity index (χ1n) is 6.84. The highest BCUT2D eigenvalue weighted by Gasteiger charge is 2.17. The minimum absolute atomic E-state index is 0.226. The molecule has 0 aliphatic heterocycles. The molecule has 0 radical (unpaired) electrons. The van der Waals surface area contributed by atoms with E-state index in [4.69, 9.17) is 9.47 Å². The zero-order valence-electron chi connectivity index (χ0n) is 12.0. The number of halogens is 1. The second-order valence-corrected chi connectivity index (χ2v) is 5.45. The highest BCUT2D eigenvalue weighted by molar-refractivity contribution is 9.10. The molecule has 0 aliphatic carbocycles. The normalized spacial score (nSPS) is 10.1. The molecular weight excluding hydrogens is 348 g/mol. The van der Waals surface area contributed by atoms with E-state index in [2.05, 4.69) is 15.9 Å². The molecule has 0 saturated carbocycles. The fourth-order valence-electron chi connectivity index (χ4n) is 1.83. The summed E-state index contributed by atoms with van der Waals surface area (Å²) in [5.41, 5.74) is 0.630. The number of para-hydroxylation sites is 1. The first kappa shape index (κ1) is 16.2. The topological polar surface area (TPSA) is 52.6 Å². The molecule has 2 rings (SSSR count). The highest BCUT2D eigenvalue weighted by atomic mass is 79.9. The van der Waals surface area contributed by atoms with Crippen molar-refractivity contribution in [3.63, 3.8) is 0 Å². The molecule has 2 aromatic carbocycles. The molecule has 0 atom stereocenters. The van der Waals surface area contributed by atoms with E-state index in [1.807, 2.05) is 6.92 Å². The molecule has 22 heavy (non-hydrogen) atoms. The van der Waals surface area contributed by atoms with Crippen molar-refractivity contribution >= 4 is 28.2 Å². The van der Waals surface area contributed by atoms with E-state index in [1.54, 1.807) is 42.5 Å². The minimum Gasteiger partial charge on any atom is -0.493 e. The molecule has 0 aliphatic rings. The minimum atomic E-state index is -0.568. The molecule has 0 unspecified atom stereocenters. The van der Waals surface area contributed by atoms with E-state index in [1.165, 1.54) is 0 Å². The standard InChI is InChI=1S/C17H15BrO4/c1-2-9-21-16-8-7-13(18)10-14(16)17(20)22-15-6-4-3-5-12(15)11-19/h3-8,10-11H,2,9H2,1H3. The summed E-state index contributed by atoms with van der Waals surface area (Å²) in [6, 6.07) is 11.7. The fraction of sp³-hybridized carbons (Fsp3) is 0.176. The highest BCUT2D eigenvalue weighted by Crippen LogP contribution is 2.26. The van der Waals surface area contributed by atoms with Crippen LogP contribution in [0, 0.1) is 0 Å². The van der Waals surface area contributed by atoms with Gasteiger partial charge >= 0.3 is 5.97 Å². The van der Waals surface area contributed by atoms with Crippen LogP contribution in [0.5, 0.6) is 11.5 Å². The summed E-state index contributed by atoms with van der Waals surface area (Å²) in [6.45, 7) is 2.49. The Hall–Kier alpha value is -2.14. The van der Waals surface area contributed by atoms with Gasteiger partial charge in [-0.2, -0.15) is 0 Å². The average Bonchev–Trinajstić information content (AvgIpc) is 2.54. The molecule has 0 fully saturated rings. The summed E-state index contributed by atoms with van der Waals surface area (Å²) in [6.07, 6.45) is 1.48. The summed E-state index contributed by atoms with van der Waals surface area (Å²) in [4.78, 5) is 23.4. The molecule has 0 aromatic heterocycles. The van der Waals surface area contributed by atoms with Gasteiger partial charge in [-0.25, -0.2) is 4.79 Å². The maximum Gasteiger partial charge on any atom is 0.347 e. The quantitative estimate of drug-likeness (QED) is 0.437. The number of benzene rings is 2. The van der Waals surface area contributed by atoms with Gasteiger partial charge in [-0.1, -0.05) is 35.0 Å². The van der Waals surface area contributed by atoms with Gasteiger partial charge in [0.15, 0.2) is 6.29 Å². The van der Waals surface area contributed by atoms with Crippen LogP contribution in [0.2, 0.25) is 0 Å². The number of carbonyl (C=O) groups is 2. The lowest BCUT2D eigenvalue weighted by atomic mass is 10.2. The maximum atomic E-state index is 12.4. The molecule has 0 amide bonds. The Labute approximate surface area is 137 Å². The zero-order chi connectivity index (χ0) is 15.9. The van der Waals surface area contributed by atoms with E-state index in [0.29, 0.717) is 29.8 Å². The van der Waals surface area contributed by atoms with Crippen molar-refractivity contribution in [1.82, 2.24) is 0 Å². The Kier molecular flexibility index (Phi) is 5.72. The molecule has 114 valence electrons. The van der Waals surface area contributed by atoms with Crippen molar-refractivity contribution in [3.05, 3.63) is 58.1 Å². The smallest absolute Gasteiger partial charge is 0.347 e. The lowest BCUT2D eigenvalue weighted by Crippen LogP contribution is -2.12. The summed E-state index contributed by atoms with van der Waals surface area (Å²) >= 11 is 3.33. The largest absolute Gasteiger partial charge is 0.493 e. The molecular formula is C17H15BrO4. The number of hydrogen-bond donors (Lipinski definition) is 0. The maximum absolute atomic E-state index is 12.4. The van der Waals surface area contributed by atoms with E-state index >= 15 is 0 Å². The van der Waals surface area contributed by atoms with Gasteiger partial charge in [0.2, 0.25) is 0 Å². The van der Waals surface area contributed by atoms with Crippen molar-refractivity contribution in [2.24, 2.45) is 0 Å². The lowest BCUT2D eigenvalue weighted by molar-refractivity contribution is 0.0729. The average molecular weight is 363 g/mol. The second kappa shape index (κ2) is 7.75. The van der Waals surface area contributed by atoms with Crippen LogP contribution in [0.4, 0.5) is 0 Å². The van der Waals surface area contributed by atoms with E-state index in [-0.39, 0.29) is 5.75 Å². The van der Waals surface area contributed by atoms with Crippen LogP contribution < -0.4 is 9.47 Å². The number of esters is 1. The van der Waals surface area contributed by atoms with Crippen molar-refractivity contribution in [2.75, 3.05) is 6.61 Å². The van der Waals surface area contributed by atoms with Crippen LogP contribution >= 0.6 is 15.9 Å². The Morgan fingerprint density at radius 3 is 2.68 bits per heavy atom. The summed E-state index contributed by atoms with van der Waals surface area (Å²) in [5.74, 6) is 0.115. The van der Waals surface area contributed by atoms with Crippen molar-refractivity contribution < 1.29 is 19.1 Å². The first-order chi connectivity index (χ1) is 10.7. The number of ether oxygens (including phenoxy) is 2. The molecule has 0 spiro atoms. The summed E-state index contributed by atoms with van der Waals surface area (Å²) < 4.78 is 11.6. The van der Waals surface area contributed by atoms with Gasteiger partial charge in [0.25, 0.3) is 0 Å². The Morgan fingerprint density at radius 1 is 1.18 bits per heavy atom. The molecule has 5 heteroatoms. The van der Waals surface area contributed by atoms with Gasteiger partial charge < -0.3 is 9.47 Å². The molecule has 2 aromatic rings. The summed E-state index contributed by atoms with van der Waals surface area (Å²) in [5, 5.41) is 0. The van der Waals surface area contributed by atoms with Crippen LogP contribution in [0.15, 0.2) is 46.9 Å². The van der Waals surface area contributed by atoms with Gasteiger partial charge in [0.1, 0.15) is 17.1 Å². The van der Waals surface area contributed by atoms with Crippen LogP contribution in [-0.2, 0) is 0 Å². The van der Waals surface area contributed by atoms with Crippen LogP contribution in [0.25, 0.3) is 0 Å². The third-order valence-electron chi connectivity index (χ3n) is 2.87. The Bertz CT molecular complexity index is 682. The molecule has 4 nitrogen and oxygen atoms in total. The third kappa shape index (κ3) is 3.95. The second-order valence-electron chi connectivity index (χ2n) is 4.53. The van der Waals surface area contributed by atoms with Gasteiger partial charge in [-0.15, -0.1) is 0 Å². The van der Waals surface area contributed by atoms with E-state index in [0.717, 1.165) is 10.9 Å². The SMILES string of the molecule is CCCOc1ccc(Br)cc1C(=O)Oc1ccccc1C=O. The van der Waals surface area contributed by atoms with Crippen molar-refractivity contribution in [3.8, 4) is 11.5 Å². The number of carbonyl (C=O) groups excluding carboxylic acids is 2. The van der Waals surface area contributed by atoms with Gasteiger partial charge in [0.05, 0.1) is 12.2 Å². The fourth-order valence-corrected chi connectivity index (χ4v) is 2.19. The van der Waals surface area contributed by atoms with E-state index in [9.17, 15) is 9.59 Å². The third-order valence-corrected chi connectivity index (χ3v) is 3.37. The Balaban J connectivity index is 2.28. The first-order valence-corrected chi connectivity index (χ1v) is 7.63. The van der Waals surface area contributed by atoms with Crippen LogP contribution in [0.1, 0.15) is 34.1 Å². The summed E-state index contributed by atoms with van der Waals surface area (Å²) in [7, 11) is 0. The van der Waals surface area contributed by atoms with Crippen LogP contribution in [0.3, 0.4) is 0 Å². The molecule has 0 N–H and O–H groups in total. The van der Waals surface area contributed by atoms with Crippen molar-refractivity contribution in [2.45, 2.75) is 13.3 Å².